The van der Waals surface area contributed by atoms with E-state index in [4.69, 9.17) is 0 Å². The molecule has 0 atom stereocenters. The number of H-pyrrole nitrogens is 1. The molecule has 0 fully saturated rings. The highest BCUT2D eigenvalue weighted by Crippen LogP contribution is 2.27. The summed E-state index contributed by atoms with van der Waals surface area (Å²) >= 11 is 1.39. The van der Waals surface area contributed by atoms with Gasteiger partial charge in [0.1, 0.15) is 22.2 Å². The molecule has 0 aliphatic carbocycles. The van der Waals surface area contributed by atoms with E-state index in [2.05, 4.69) is 40.5 Å². The molecule has 0 saturated heterocycles. The summed E-state index contributed by atoms with van der Waals surface area (Å²) in [6, 6.07) is 2.58. The second-order valence-corrected chi connectivity index (χ2v) is 8.43. The Balaban J connectivity index is 1.40. The molecule has 164 valence electrons. The van der Waals surface area contributed by atoms with E-state index >= 15 is 0 Å². The third-order valence-corrected chi connectivity index (χ3v) is 5.50. The number of halogens is 1. The fourth-order valence-corrected chi connectivity index (χ4v) is 3.73. The van der Waals surface area contributed by atoms with E-state index in [0.29, 0.717) is 16.5 Å². The Morgan fingerprint density at radius 3 is 2.62 bits per heavy atom. The Kier molecular flexibility index (Phi) is 5.77. The van der Waals surface area contributed by atoms with Gasteiger partial charge in [0.05, 0.1) is 18.3 Å². The number of amides is 1. The van der Waals surface area contributed by atoms with Gasteiger partial charge in [0.2, 0.25) is 5.95 Å². The Labute approximate surface area is 186 Å². The zero-order valence-electron chi connectivity index (χ0n) is 17.1. The molecule has 4 aromatic rings. The molecule has 10 nitrogen and oxygen atoms in total. The first-order chi connectivity index (χ1) is 15.3. The van der Waals surface area contributed by atoms with Crippen molar-refractivity contribution in [3.05, 3.63) is 65.2 Å². The lowest BCUT2D eigenvalue weighted by Gasteiger charge is -2.25. The number of nitrogens with one attached hydrogen (secondary N) is 3. The Morgan fingerprint density at radius 2 is 1.94 bits per heavy atom. The highest BCUT2D eigenvalue weighted by molar-refractivity contribution is 7.15. The molecule has 4 aromatic heterocycles. The van der Waals surface area contributed by atoms with Gasteiger partial charge in [-0.2, -0.15) is 0 Å². The lowest BCUT2D eigenvalue weighted by Crippen LogP contribution is -2.31. The molecule has 4 heterocycles. The smallest absolute Gasteiger partial charge is 0.291 e. The first kappa shape index (κ1) is 21.3. The van der Waals surface area contributed by atoms with Crippen molar-refractivity contribution in [3.8, 4) is 16.6 Å². The number of aromatic amines is 1. The molecule has 0 bridgehead atoms. The summed E-state index contributed by atoms with van der Waals surface area (Å²) in [5.74, 6) is -0.470. The largest absolute Gasteiger partial charge is 0.480 e. The maximum atomic E-state index is 14.1. The normalized spacial score (nSPS) is 11.3. The summed E-state index contributed by atoms with van der Waals surface area (Å²) in [5, 5.41) is 15.7. The van der Waals surface area contributed by atoms with E-state index in [-0.39, 0.29) is 23.9 Å². The monoisotopic (exact) mass is 454 g/mol. The van der Waals surface area contributed by atoms with Crippen molar-refractivity contribution >= 4 is 23.2 Å². The zero-order chi connectivity index (χ0) is 22.7. The molecule has 0 radical (unpaired) electrons. The fraction of sp³-hybridized carbons (Fsp3) is 0.200. The van der Waals surface area contributed by atoms with Crippen LogP contribution in [0.4, 0.5) is 10.3 Å². The predicted octanol–water partition coefficient (Wildman–Crippen LogP) is 2.84. The van der Waals surface area contributed by atoms with E-state index in [1.807, 2.05) is 0 Å². The minimum absolute atomic E-state index is 0.164. The molecule has 0 aliphatic heterocycles. The predicted molar refractivity (Wildman–Crippen MR) is 115 cm³/mol. The molecular weight excluding hydrogens is 435 g/mol. The van der Waals surface area contributed by atoms with Crippen LogP contribution in [0.1, 0.15) is 34.9 Å². The van der Waals surface area contributed by atoms with Crippen LogP contribution in [0, 0.1) is 5.82 Å². The van der Waals surface area contributed by atoms with Gasteiger partial charge < -0.3 is 20.7 Å². The molecule has 0 saturated carbocycles. The number of carbonyl (C=O) groups excluding carboxylic acids is 1. The van der Waals surface area contributed by atoms with Gasteiger partial charge in [-0.3, -0.25) is 9.78 Å². The standard InChI is InChI=1S/C20H19FN8O2S/c1-20(2,15-13(21)4-3-5-22-15)29-18-25-6-11(7-26-18)17-24-9-12(32-17)8-23-16(30)14-10-27-19(31)28-14/h3-7,9-10H,8H2,1-2H3,(H,23,30)(H,25,26,29)(H2,27,28,31). The highest BCUT2D eigenvalue weighted by atomic mass is 32.1. The van der Waals surface area contributed by atoms with Crippen LogP contribution in [-0.2, 0) is 12.1 Å². The molecule has 4 N–H and O–H groups in total. The number of anilines is 1. The molecule has 0 spiro atoms. The number of aromatic nitrogens is 6. The summed E-state index contributed by atoms with van der Waals surface area (Å²) in [5.41, 5.74) is 0.325. The molecule has 32 heavy (non-hydrogen) atoms. The van der Waals surface area contributed by atoms with Crippen molar-refractivity contribution in [3.63, 3.8) is 0 Å². The van der Waals surface area contributed by atoms with Gasteiger partial charge in [-0.15, -0.1) is 11.3 Å². The van der Waals surface area contributed by atoms with E-state index in [0.717, 1.165) is 4.88 Å². The quantitative estimate of drug-likeness (QED) is 0.334. The first-order valence-electron chi connectivity index (χ1n) is 9.50. The minimum atomic E-state index is -0.815. The van der Waals surface area contributed by atoms with Crippen LogP contribution in [0.3, 0.4) is 0 Å². The fourth-order valence-electron chi connectivity index (χ4n) is 2.90. The van der Waals surface area contributed by atoms with Crippen molar-refractivity contribution < 1.29 is 14.3 Å². The van der Waals surface area contributed by atoms with Crippen LogP contribution >= 0.6 is 11.3 Å². The number of hydrogen-bond donors (Lipinski definition) is 4. The van der Waals surface area contributed by atoms with Gasteiger partial charge in [0.15, 0.2) is 0 Å². The van der Waals surface area contributed by atoms with Crippen molar-refractivity contribution in [2.24, 2.45) is 0 Å². The van der Waals surface area contributed by atoms with Crippen molar-refractivity contribution in [1.29, 1.82) is 0 Å². The molecule has 4 rings (SSSR count). The Bertz CT molecular complexity index is 1240. The van der Waals surface area contributed by atoms with E-state index in [1.165, 1.54) is 35.9 Å². The Morgan fingerprint density at radius 1 is 1.16 bits per heavy atom. The molecule has 12 heteroatoms. The minimum Gasteiger partial charge on any atom is -0.480 e. The lowest BCUT2D eigenvalue weighted by molar-refractivity contribution is 0.0946. The number of hydrogen-bond acceptors (Lipinski definition) is 9. The average Bonchev–Trinajstić information content (AvgIpc) is 3.42. The maximum absolute atomic E-state index is 14.1. The summed E-state index contributed by atoms with van der Waals surface area (Å²) in [4.78, 5) is 36.0. The third-order valence-electron chi connectivity index (χ3n) is 4.46. The number of thiazole rings is 1. The van der Waals surface area contributed by atoms with Crippen molar-refractivity contribution in [2.75, 3.05) is 5.32 Å². The molecule has 1 amide bonds. The van der Waals surface area contributed by atoms with Gasteiger partial charge >= 0.3 is 0 Å². The molecule has 0 unspecified atom stereocenters. The first-order valence-corrected chi connectivity index (χ1v) is 10.3. The van der Waals surface area contributed by atoms with E-state index < -0.39 is 17.3 Å². The zero-order valence-corrected chi connectivity index (χ0v) is 17.9. The number of rotatable bonds is 7. The Hall–Kier alpha value is -3.93. The number of nitrogens with zero attached hydrogens (tertiary/aromatic N) is 5. The topological polar surface area (TPSA) is 142 Å². The van der Waals surface area contributed by atoms with Crippen LogP contribution < -0.4 is 10.6 Å². The second-order valence-electron chi connectivity index (χ2n) is 7.31. The number of aromatic hydroxyl groups is 1. The summed E-state index contributed by atoms with van der Waals surface area (Å²) in [7, 11) is 0. The van der Waals surface area contributed by atoms with E-state index in [9.17, 15) is 14.3 Å². The lowest BCUT2D eigenvalue weighted by atomic mass is 9.99. The molecule has 0 aliphatic rings. The van der Waals surface area contributed by atoms with Crippen molar-refractivity contribution in [1.82, 2.24) is 35.2 Å². The van der Waals surface area contributed by atoms with Gasteiger partial charge in [0, 0.05) is 35.2 Å². The van der Waals surface area contributed by atoms with Gasteiger partial charge in [-0.05, 0) is 26.0 Å². The van der Waals surface area contributed by atoms with Gasteiger partial charge in [-0.25, -0.2) is 24.3 Å². The maximum Gasteiger partial charge on any atom is 0.291 e. The van der Waals surface area contributed by atoms with Gasteiger partial charge in [0.25, 0.3) is 11.9 Å². The average molecular weight is 454 g/mol. The van der Waals surface area contributed by atoms with Crippen LogP contribution in [0.15, 0.2) is 43.1 Å². The van der Waals surface area contributed by atoms with E-state index in [1.54, 1.807) is 32.4 Å². The van der Waals surface area contributed by atoms with Crippen molar-refractivity contribution in [2.45, 2.75) is 25.9 Å². The second kappa shape index (κ2) is 8.67. The van der Waals surface area contributed by atoms with Crippen LogP contribution in [0.25, 0.3) is 10.6 Å². The summed E-state index contributed by atoms with van der Waals surface area (Å²) in [6.45, 7) is 3.85. The number of imidazole rings is 1. The third kappa shape index (κ3) is 4.70. The van der Waals surface area contributed by atoms with Crippen LogP contribution in [-0.4, -0.2) is 40.9 Å². The summed E-state index contributed by atoms with van der Waals surface area (Å²) in [6.07, 6.45) is 7.68. The molecule has 0 aromatic carbocycles. The van der Waals surface area contributed by atoms with Crippen LogP contribution in [0.5, 0.6) is 6.01 Å². The molecular formula is C20H19FN8O2S. The SMILES string of the molecule is CC(C)(Nc1ncc(-c2ncc(CNC(=O)c3cnc(O)[nH]3)s2)cn1)c1ncccc1F. The highest BCUT2D eigenvalue weighted by Gasteiger charge is 2.26. The summed E-state index contributed by atoms with van der Waals surface area (Å²) < 4.78 is 14.1. The van der Waals surface area contributed by atoms with Gasteiger partial charge in [-0.1, -0.05) is 0 Å². The number of pyridine rings is 1. The number of carbonyl (C=O) groups is 1. The van der Waals surface area contributed by atoms with Crippen LogP contribution in [0.2, 0.25) is 0 Å².